The monoisotopic (exact) mass is 371 g/mol. The van der Waals surface area contributed by atoms with Gasteiger partial charge in [0.15, 0.2) is 0 Å². The summed E-state index contributed by atoms with van der Waals surface area (Å²) in [6, 6.07) is 13.8. The SMILES string of the molecule is O=C(Nc1ccc2ccoc2c1)c1ccc(N2CCCNS2(=O)=O)cc1. The Hall–Kier alpha value is -2.84. The van der Waals surface area contributed by atoms with Crippen molar-refractivity contribution in [2.75, 3.05) is 22.7 Å². The molecule has 0 unspecified atom stereocenters. The van der Waals surface area contributed by atoms with E-state index in [1.807, 2.05) is 12.1 Å². The Balaban J connectivity index is 1.51. The summed E-state index contributed by atoms with van der Waals surface area (Å²) >= 11 is 0. The summed E-state index contributed by atoms with van der Waals surface area (Å²) in [6.07, 6.45) is 2.33. The number of hydrogen-bond acceptors (Lipinski definition) is 4. The molecule has 26 heavy (non-hydrogen) atoms. The molecule has 3 aromatic rings. The molecule has 0 radical (unpaired) electrons. The van der Waals surface area contributed by atoms with Crippen molar-refractivity contribution in [2.24, 2.45) is 0 Å². The predicted molar refractivity (Wildman–Crippen MR) is 99.5 cm³/mol. The molecule has 1 aromatic heterocycles. The van der Waals surface area contributed by atoms with Gasteiger partial charge in [-0.15, -0.1) is 0 Å². The average Bonchev–Trinajstić information content (AvgIpc) is 3.09. The van der Waals surface area contributed by atoms with Crippen molar-refractivity contribution in [1.82, 2.24) is 4.72 Å². The second kappa shape index (κ2) is 6.47. The van der Waals surface area contributed by atoms with Crippen LogP contribution < -0.4 is 14.3 Å². The Labute approximate surface area is 150 Å². The molecule has 1 aliphatic heterocycles. The lowest BCUT2D eigenvalue weighted by Crippen LogP contribution is -2.47. The Morgan fingerprint density at radius 3 is 2.69 bits per heavy atom. The first-order valence-corrected chi connectivity index (χ1v) is 9.63. The number of benzene rings is 2. The first kappa shape index (κ1) is 16.6. The second-order valence-corrected chi connectivity index (χ2v) is 7.68. The highest BCUT2D eigenvalue weighted by Crippen LogP contribution is 2.22. The van der Waals surface area contributed by atoms with E-state index in [-0.39, 0.29) is 5.91 Å². The first-order chi connectivity index (χ1) is 12.5. The van der Waals surface area contributed by atoms with Crippen molar-refractivity contribution >= 4 is 38.5 Å². The molecule has 4 rings (SSSR count). The number of nitrogens with zero attached hydrogens (tertiary/aromatic N) is 1. The molecule has 0 atom stereocenters. The molecule has 0 aliphatic carbocycles. The molecular weight excluding hydrogens is 354 g/mol. The van der Waals surface area contributed by atoms with E-state index in [4.69, 9.17) is 4.42 Å². The van der Waals surface area contributed by atoms with Gasteiger partial charge in [0, 0.05) is 35.8 Å². The fourth-order valence-electron chi connectivity index (χ4n) is 2.90. The Morgan fingerprint density at radius 2 is 1.92 bits per heavy atom. The van der Waals surface area contributed by atoms with E-state index in [2.05, 4.69) is 10.0 Å². The van der Waals surface area contributed by atoms with Crippen LogP contribution in [0.3, 0.4) is 0 Å². The van der Waals surface area contributed by atoms with Crippen LogP contribution in [-0.2, 0) is 10.2 Å². The molecule has 8 heteroatoms. The zero-order valence-corrected chi connectivity index (χ0v) is 14.6. The highest BCUT2D eigenvalue weighted by Gasteiger charge is 2.25. The van der Waals surface area contributed by atoms with E-state index in [9.17, 15) is 13.2 Å². The summed E-state index contributed by atoms with van der Waals surface area (Å²) in [4.78, 5) is 12.4. The molecule has 134 valence electrons. The van der Waals surface area contributed by atoms with E-state index in [1.54, 1.807) is 42.7 Å². The number of carbonyl (C=O) groups is 1. The maximum atomic E-state index is 12.4. The van der Waals surface area contributed by atoms with Gasteiger partial charge in [-0.2, -0.15) is 13.1 Å². The van der Waals surface area contributed by atoms with Crippen molar-refractivity contribution < 1.29 is 17.6 Å². The van der Waals surface area contributed by atoms with Crippen LogP contribution in [0.15, 0.2) is 59.2 Å². The lowest BCUT2D eigenvalue weighted by molar-refractivity contribution is 0.102. The third-order valence-corrected chi connectivity index (χ3v) is 5.79. The zero-order chi connectivity index (χ0) is 18.1. The van der Waals surface area contributed by atoms with E-state index < -0.39 is 10.2 Å². The molecule has 2 heterocycles. The van der Waals surface area contributed by atoms with Gasteiger partial charge in [-0.25, -0.2) is 0 Å². The Kier molecular flexibility index (Phi) is 4.14. The molecule has 0 spiro atoms. The summed E-state index contributed by atoms with van der Waals surface area (Å²) in [5.41, 5.74) is 2.30. The molecule has 1 saturated heterocycles. The van der Waals surface area contributed by atoms with Crippen molar-refractivity contribution in [1.29, 1.82) is 0 Å². The zero-order valence-electron chi connectivity index (χ0n) is 13.8. The fourth-order valence-corrected chi connectivity index (χ4v) is 4.23. The Morgan fingerprint density at radius 1 is 1.12 bits per heavy atom. The van der Waals surface area contributed by atoms with E-state index >= 15 is 0 Å². The van der Waals surface area contributed by atoms with Gasteiger partial charge in [-0.3, -0.25) is 9.10 Å². The van der Waals surface area contributed by atoms with Gasteiger partial charge >= 0.3 is 10.2 Å². The minimum atomic E-state index is -3.50. The predicted octanol–water partition coefficient (Wildman–Crippen LogP) is 2.73. The lowest BCUT2D eigenvalue weighted by Gasteiger charge is -2.28. The number of nitrogens with one attached hydrogen (secondary N) is 2. The molecule has 1 aliphatic rings. The van der Waals surface area contributed by atoms with Gasteiger partial charge in [0.25, 0.3) is 5.91 Å². The van der Waals surface area contributed by atoms with Crippen molar-refractivity contribution in [2.45, 2.75) is 6.42 Å². The van der Waals surface area contributed by atoms with Gasteiger partial charge in [-0.05, 0) is 48.9 Å². The normalized spacial score (nSPS) is 16.5. The number of hydrogen-bond donors (Lipinski definition) is 2. The molecule has 0 saturated carbocycles. The van der Waals surface area contributed by atoms with E-state index in [0.717, 1.165) is 11.8 Å². The van der Waals surface area contributed by atoms with Gasteiger partial charge < -0.3 is 9.73 Å². The number of carbonyl (C=O) groups excluding carboxylic acids is 1. The minimum Gasteiger partial charge on any atom is -0.464 e. The standard InChI is InChI=1S/C18H17N3O4S/c22-18(20-15-5-2-13-8-11-25-17(13)12-15)14-3-6-16(7-4-14)21-10-1-9-19-26(21,23)24/h2-8,11-12,19H,1,9-10H2,(H,20,22). The van der Waals surface area contributed by atoms with Crippen molar-refractivity contribution in [3.05, 3.63) is 60.4 Å². The highest BCUT2D eigenvalue weighted by molar-refractivity contribution is 7.90. The molecule has 7 nitrogen and oxygen atoms in total. The lowest BCUT2D eigenvalue weighted by atomic mass is 10.1. The smallest absolute Gasteiger partial charge is 0.301 e. The fraction of sp³-hybridized carbons (Fsp3) is 0.167. The quantitative estimate of drug-likeness (QED) is 0.740. The average molecular weight is 371 g/mol. The summed E-state index contributed by atoms with van der Waals surface area (Å²) in [6.45, 7) is 0.864. The summed E-state index contributed by atoms with van der Waals surface area (Å²) in [5, 5.41) is 3.77. The number of furan rings is 1. The van der Waals surface area contributed by atoms with Gasteiger partial charge in [0.2, 0.25) is 0 Å². The molecule has 0 bridgehead atoms. The largest absolute Gasteiger partial charge is 0.464 e. The summed E-state index contributed by atoms with van der Waals surface area (Å²) in [7, 11) is -3.50. The van der Waals surface area contributed by atoms with Crippen LogP contribution in [0.2, 0.25) is 0 Å². The molecule has 1 fully saturated rings. The van der Waals surface area contributed by atoms with E-state index in [1.165, 1.54) is 4.31 Å². The summed E-state index contributed by atoms with van der Waals surface area (Å²) < 4.78 is 33.2. The van der Waals surface area contributed by atoms with Crippen LogP contribution in [0, 0.1) is 0 Å². The highest BCUT2D eigenvalue weighted by atomic mass is 32.2. The number of amides is 1. The topological polar surface area (TPSA) is 91.7 Å². The number of rotatable bonds is 3. The third kappa shape index (κ3) is 3.16. The summed E-state index contributed by atoms with van der Waals surface area (Å²) in [5.74, 6) is -0.276. The first-order valence-electron chi connectivity index (χ1n) is 8.19. The minimum absolute atomic E-state index is 0.276. The molecule has 1 amide bonds. The van der Waals surface area contributed by atoms with Gasteiger partial charge in [0.1, 0.15) is 5.58 Å². The van der Waals surface area contributed by atoms with Crippen molar-refractivity contribution in [3.8, 4) is 0 Å². The molecular formula is C18H17N3O4S. The van der Waals surface area contributed by atoms with Crippen LogP contribution in [0.1, 0.15) is 16.8 Å². The Bertz CT molecular complexity index is 1060. The van der Waals surface area contributed by atoms with Gasteiger partial charge in [-0.1, -0.05) is 0 Å². The van der Waals surface area contributed by atoms with Crippen LogP contribution in [0.25, 0.3) is 11.0 Å². The van der Waals surface area contributed by atoms with E-state index in [0.29, 0.717) is 35.6 Å². The van der Waals surface area contributed by atoms with Crippen molar-refractivity contribution in [3.63, 3.8) is 0 Å². The van der Waals surface area contributed by atoms with Crippen LogP contribution in [0.5, 0.6) is 0 Å². The maximum absolute atomic E-state index is 12.4. The number of anilines is 2. The maximum Gasteiger partial charge on any atom is 0.301 e. The van der Waals surface area contributed by atoms with Crippen LogP contribution >= 0.6 is 0 Å². The molecule has 2 aromatic carbocycles. The van der Waals surface area contributed by atoms with Crippen LogP contribution in [0.4, 0.5) is 11.4 Å². The van der Waals surface area contributed by atoms with Gasteiger partial charge in [0.05, 0.1) is 12.0 Å². The molecule has 2 N–H and O–H groups in total. The van der Waals surface area contributed by atoms with Crippen LogP contribution in [-0.4, -0.2) is 27.4 Å². The number of fused-ring (bicyclic) bond motifs is 1. The third-order valence-electron chi connectivity index (χ3n) is 4.24. The second-order valence-electron chi connectivity index (χ2n) is 6.00.